The molecule has 0 radical (unpaired) electrons. The van der Waals surface area contributed by atoms with Crippen molar-refractivity contribution < 1.29 is 5.11 Å². The molecule has 0 aromatic rings. The molecule has 0 amide bonds. The van der Waals surface area contributed by atoms with E-state index in [-0.39, 0.29) is 0 Å². The molecule has 0 unspecified atom stereocenters. The van der Waals surface area contributed by atoms with Gasteiger partial charge in [0.2, 0.25) is 0 Å². The second-order valence-corrected chi connectivity index (χ2v) is 1.31. The van der Waals surface area contributed by atoms with Gasteiger partial charge in [-0.1, -0.05) is 13.3 Å². The van der Waals surface area contributed by atoms with Gasteiger partial charge in [0, 0.05) is 13.7 Å². The van der Waals surface area contributed by atoms with Crippen LogP contribution < -0.4 is 11.3 Å². The van der Waals surface area contributed by atoms with E-state index in [1.165, 1.54) is 12.8 Å². The van der Waals surface area contributed by atoms with Crippen LogP contribution in [0.4, 0.5) is 0 Å². The fourth-order valence-electron chi connectivity index (χ4n) is 0.279. The molecule has 0 fully saturated rings. The van der Waals surface area contributed by atoms with Crippen molar-refractivity contribution in [3.05, 3.63) is 0 Å². The predicted molar refractivity (Wildman–Crippen MR) is 35.2 cm³/mol. The smallest absolute Gasteiger partial charge is 0.0319 e. The Morgan fingerprint density at radius 2 is 2.00 bits per heavy atom. The van der Waals surface area contributed by atoms with Gasteiger partial charge in [0.25, 0.3) is 0 Å². The molecule has 0 saturated carbocycles. The highest BCUT2D eigenvalue weighted by Gasteiger charge is 1.73. The lowest BCUT2D eigenvalue weighted by Crippen LogP contribution is -2.22. The molecule has 3 heteroatoms. The van der Waals surface area contributed by atoms with Gasteiger partial charge in [-0.3, -0.25) is 11.3 Å². The number of hydrazine groups is 1. The maximum absolute atomic E-state index is 7.00. The van der Waals surface area contributed by atoms with E-state index in [0.717, 1.165) is 13.7 Å². The van der Waals surface area contributed by atoms with Gasteiger partial charge in [-0.15, -0.1) is 0 Å². The van der Waals surface area contributed by atoms with Crippen molar-refractivity contribution in [2.24, 2.45) is 5.84 Å². The van der Waals surface area contributed by atoms with Gasteiger partial charge >= 0.3 is 0 Å². The van der Waals surface area contributed by atoms with Gasteiger partial charge in [0.05, 0.1) is 0 Å². The molecule has 3 nitrogen and oxygen atoms in total. The van der Waals surface area contributed by atoms with E-state index in [0.29, 0.717) is 0 Å². The van der Waals surface area contributed by atoms with E-state index in [4.69, 9.17) is 10.9 Å². The van der Waals surface area contributed by atoms with Crippen LogP contribution in [0.2, 0.25) is 0 Å². The SMILES string of the molecule is CCCCNN.CO. The molecule has 0 aliphatic rings. The number of rotatable bonds is 3. The summed E-state index contributed by atoms with van der Waals surface area (Å²) in [6.07, 6.45) is 2.39. The fourth-order valence-corrected chi connectivity index (χ4v) is 0.279. The molecule has 0 saturated heterocycles. The van der Waals surface area contributed by atoms with Gasteiger partial charge in [-0.2, -0.15) is 0 Å². The molecular formula is C5H16N2O. The Bertz CT molecular complexity index is 22.4. The largest absolute Gasteiger partial charge is 0.400 e. The van der Waals surface area contributed by atoms with Crippen molar-refractivity contribution >= 4 is 0 Å². The lowest BCUT2D eigenvalue weighted by atomic mass is 10.3. The summed E-state index contributed by atoms with van der Waals surface area (Å²) < 4.78 is 0. The molecule has 8 heavy (non-hydrogen) atoms. The fraction of sp³-hybridized carbons (Fsp3) is 1.00. The zero-order valence-corrected chi connectivity index (χ0v) is 5.65. The zero-order valence-electron chi connectivity index (χ0n) is 5.65. The van der Waals surface area contributed by atoms with Crippen molar-refractivity contribution in [3.63, 3.8) is 0 Å². The average Bonchev–Trinajstić information content (AvgIpc) is 1.88. The number of nitrogens with two attached hydrogens (primary N) is 1. The van der Waals surface area contributed by atoms with Crippen LogP contribution in [0.5, 0.6) is 0 Å². The predicted octanol–water partition coefficient (Wildman–Crippen LogP) is -0.142. The monoisotopic (exact) mass is 120 g/mol. The first-order valence-electron chi connectivity index (χ1n) is 2.80. The van der Waals surface area contributed by atoms with Crippen LogP contribution in [0, 0.1) is 0 Å². The van der Waals surface area contributed by atoms with Gasteiger partial charge in [-0.05, 0) is 6.42 Å². The zero-order chi connectivity index (χ0) is 6.83. The van der Waals surface area contributed by atoms with Crippen LogP contribution in [-0.4, -0.2) is 18.8 Å². The average molecular weight is 120 g/mol. The third kappa shape index (κ3) is 16.9. The van der Waals surface area contributed by atoms with Crippen LogP contribution in [0.1, 0.15) is 19.8 Å². The standard InChI is InChI=1S/C4H12N2.CH4O/c1-2-3-4-6-5;1-2/h6H,2-5H2,1H3;2H,1H3. The van der Waals surface area contributed by atoms with Crippen LogP contribution in [0.3, 0.4) is 0 Å². The molecule has 0 atom stereocenters. The molecule has 0 bridgehead atoms. The Labute approximate surface area is 50.9 Å². The van der Waals surface area contributed by atoms with Crippen molar-refractivity contribution in [1.29, 1.82) is 0 Å². The quantitative estimate of drug-likeness (QED) is 0.276. The van der Waals surface area contributed by atoms with E-state index in [2.05, 4.69) is 12.3 Å². The minimum absolute atomic E-state index is 0.941. The molecule has 0 aromatic carbocycles. The Kier molecular flexibility index (Phi) is 21.3. The first kappa shape index (κ1) is 10.8. The minimum Gasteiger partial charge on any atom is -0.400 e. The van der Waals surface area contributed by atoms with Crippen molar-refractivity contribution in [1.82, 2.24) is 5.43 Å². The maximum Gasteiger partial charge on any atom is 0.0319 e. The summed E-state index contributed by atoms with van der Waals surface area (Å²) in [5.74, 6) is 4.96. The lowest BCUT2D eigenvalue weighted by molar-refractivity contribution is 0.399. The van der Waals surface area contributed by atoms with E-state index in [1.54, 1.807) is 0 Å². The third-order valence-corrected chi connectivity index (χ3v) is 0.675. The number of hydrogen-bond donors (Lipinski definition) is 3. The molecule has 0 heterocycles. The van der Waals surface area contributed by atoms with Crippen LogP contribution in [-0.2, 0) is 0 Å². The Balaban J connectivity index is 0. The molecule has 0 aliphatic heterocycles. The second-order valence-electron chi connectivity index (χ2n) is 1.31. The number of aliphatic hydroxyl groups excluding tert-OH is 1. The molecule has 52 valence electrons. The molecule has 0 aromatic heterocycles. The summed E-state index contributed by atoms with van der Waals surface area (Å²) in [6, 6.07) is 0. The summed E-state index contributed by atoms with van der Waals surface area (Å²) in [5, 5.41) is 7.00. The van der Waals surface area contributed by atoms with Crippen molar-refractivity contribution in [2.75, 3.05) is 13.7 Å². The van der Waals surface area contributed by atoms with Gasteiger partial charge in [0.15, 0.2) is 0 Å². The summed E-state index contributed by atoms with van der Waals surface area (Å²) in [4.78, 5) is 0. The summed E-state index contributed by atoms with van der Waals surface area (Å²) >= 11 is 0. The molecule has 0 aliphatic carbocycles. The Morgan fingerprint density at radius 3 is 2.12 bits per heavy atom. The van der Waals surface area contributed by atoms with E-state index in [9.17, 15) is 0 Å². The third-order valence-electron chi connectivity index (χ3n) is 0.675. The summed E-state index contributed by atoms with van der Waals surface area (Å²) in [5.41, 5.74) is 2.57. The first-order valence-corrected chi connectivity index (χ1v) is 2.80. The Hall–Kier alpha value is -0.120. The molecule has 0 spiro atoms. The van der Waals surface area contributed by atoms with Gasteiger partial charge in [0.1, 0.15) is 0 Å². The van der Waals surface area contributed by atoms with E-state index in [1.807, 2.05) is 0 Å². The van der Waals surface area contributed by atoms with Crippen LogP contribution in [0.15, 0.2) is 0 Å². The summed E-state index contributed by atoms with van der Waals surface area (Å²) in [7, 11) is 1.00. The minimum atomic E-state index is 0.941. The van der Waals surface area contributed by atoms with Crippen LogP contribution >= 0.6 is 0 Å². The number of unbranched alkanes of at least 4 members (excludes halogenated alkanes) is 1. The second kappa shape index (κ2) is 15.8. The topological polar surface area (TPSA) is 58.3 Å². The molecular weight excluding hydrogens is 104 g/mol. The number of nitrogens with one attached hydrogen (secondary N) is 1. The van der Waals surface area contributed by atoms with Gasteiger partial charge < -0.3 is 5.11 Å². The normalized spacial score (nSPS) is 7.50. The van der Waals surface area contributed by atoms with Crippen molar-refractivity contribution in [3.8, 4) is 0 Å². The molecule has 0 rings (SSSR count). The highest BCUT2D eigenvalue weighted by molar-refractivity contribution is 4.33. The Morgan fingerprint density at radius 1 is 1.50 bits per heavy atom. The number of hydrogen-bond acceptors (Lipinski definition) is 3. The highest BCUT2D eigenvalue weighted by Crippen LogP contribution is 1.78. The van der Waals surface area contributed by atoms with Gasteiger partial charge in [-0.25, -0.2) is 0 Å². The van der Waals surface area contributed by atoms with Crippen molar-refractivity contribution in [2.45, 2.75) is 19.8 Å². The van der Waals surface area contributed by atoms with E-state index < -0.39 is 0 Å². The number of aliphatic hydroxyl groups is 1. The maximum atomic E-state index is 7.00. The van der Waals surface area contributed by atoms with Crippen LogP contribution in [0.25, 0.3) is 0 Å². The van der Waals surface area contributed by atoms with E-state index >= 15 is 0 Å². The summed E-state index contributed by atoms with van der Waals surface area (Å²) in [6.45, 7) is 3.08. The first-order chi connectivity index (χ1) is 3.91. The lowest BCUT2D eigenvalue weighted by Gasteiger charge is -1.89. The molecule has 4 N–H and O–H groups in total. The highest BCUT2D eigenvalue weighted by atomic mass is 16.2.